The van der Waals surface area contributed by atoms with Crippen molar-refractivity contribution >= 4 is 11.6 Å². The highest BCUT2D eigenvalue weighted by Gasteiger charge is 2.14. The van der Waals surface area contributed by atoms with Crippen LogP contribution in [-0.2, 0) is 0 Å². The van der Waals surface area contributed by atoms with Crippen molar-refractivity contribution in [2.24, 2.45) is 0 Å². The summed E-state index contributed by atoms with van der Waals surface area (Å²) in [6.45, 7) is 0. The van der Waals surface area contributed by atoms with E-state index in [0.29, 0.717) is 0 Å². The quantitative estimate of drug-likeness (QED) is 0.862. The molecule has 0 fully saturated rings. The number of anilines is 1. The molecule has 2 N–H and O–H groups in total. The molecule has 0 unspecified atom stereocenters. The van der Waals surface area contributed by atoms with Gasteiger partial charge in [-0.15, -0.1) is 0 Å². The fraction of sp³-hybridized carbons (Fsp3) is 0. The molecule has 0 spiro atoms. The summed E-state index contributed by atoms with van der Waals surface area (Å²) in [6, 6.07) is 8.20. The normalized spacial score (nSPS) is 9.68. The van der Waals surface area contributed by atoms with Crippen molar-refractivity contribution in [2.45, 2.75) is 0 Å². The number of aromatic hydroxyl groups is 1. The first-order chi connectivity index (χ1) is 9.11. The molecule has 0 atom stereocenters. The first-order valence-electron chi connectivity index (χ1n) is 5.27. The predicted octanol–water partition coefficient (Wildman–Crippen LogP) is 2.05. The van der Waals surface area contributed by atoms with Gasteiger partial charge in [-0.3, -0.25) is 4.79 Å². The zero-order chi connectivity index (χ0) is 13.8. The standard InChI is InChI=1S/C13H8FN3O2/c14-9-6-8(7-15)3-4-10(9)17-13(19)12-11(18)2-1-5-16-12/h1-6,18H,(H,17,19). The number of nitrogens with one attached hydrogen (secondary N) is 1. The summed E-state index contributed by atoms with van der Waals surface area (Å²) in [7, 11) is 0. The maximum atomic E-state index is 13.6. The number of rotatable bonds is 2. The van der Waals surface area contributed by atoms with E-state index in [1.807, 2.05) is 0 Å². The van der Waals surface area contributed by atoms with Crippen LogP contribution < -0.4 is 5.32 Å². The van der Waals surface area contributed by atoms with Crippen molar-refractivity contribution in [3.8, 4) is 11.8 Å². The van der Waals surface area contributed by atoms with Crippen molar-refractivity contribution in [3.05, 3.63) is 53.6 Å². The van der Waals surface area contributed by atoms with Crippen molar-refractivity contribution in [1.82, 2.24) is 4.98 Å². The lowest BCUT2D eigenvalue weighted by Gasteiger charge is -2.06. The molecule has 1 heterocycles. The third-order valence-electron chi connectivity index (χ3n) is 2.35. The number of aromatic nitrogens is 1. The number of nitrogens with zero attached hydrogens (tertiary/aromatic N) is 2. The van der Waals surface area contributed by atoms with Crippen molar-refractivity contribution < 1.29 is 14.3 Å². The molecule has 0 saturated carbocycles. The second-order valence-corrected chi connectivity index (χ2v) is 3.63. The Morgan fingerprint density at radius 3 is 2.84 bits per heavy atom. The Morgan fingerprint density at radius 1 is 1.42 bits per heavy atom. The zero-order valence-electron chi connectivity index (χ0n) is 9.59. The third kappa shape index (κ3) is 2.66. The minimum atomic E-state index is -0.735. The molecule has 1 aromatic carbocycles. The van der Waals surface area contributed by atoms with Gasteiger partial charge >= 0.3 is 0 Å². The van der Waals surface area contributed by atoms with Gasteiger partial charge in [0, 0.05) is 6.20 Å². The van der Waals surface area contributed by atoms with Crippen LogP contribution in [0.25, 0.3) is 0 Å². The smallest absolute Gasteiger partial charge is 0.278 e. The minimum Gasteiger partial charge on any atom is -0.505 e. The second-order valence-electron chi connectivity index (χ2n) is 3.63. The van der Waals surface area contributed by atoms with Gasteiger partial charge in [-0.2, -0.15) is 5.26 Å². The Hall–Kier alpha value is -2.94. The number of nitriles is 1. The molecule has 0 radical (unpaired) electrons. The number of carbonyl (C=O) groups is 1. The van der Waals surface area contributed by atoms with Gasteiger partial charge in [0.1, 0.15) is 11.6 Å². The molecule has 2 rings (SSSR count). The van der Waals surface area contributed by atoms with Crippen LogP contribution in [0.2, 0.25) is 0 Å². The van der Waals surface area contributed by atoms with E-state index in [0.717, 1.165) is 6.07 Å². The number of benzene rings is 1. The average Bonchev–Trinajstić information content (AvgIpc) is 2.41. The summed E-state index contributed by atoms with van der Waals surface area (Å²) in [6.07, 6.45) is 1.34. The van der Waals surface area contributed by atoms with Crippen LogP contribution in [0.15, 0.2) is 36.5 Å². The van der Waals surface area contributed by atoms with Gasteiger partial charge in [0.05, 0.1) is 17.3 Å². The van der Waals surface area contributed by atoms with Crippen LogP contribution in [0.1, 0.15) is 16.1 Å². The van der Waals surface area contributed by atoms with E-state index < -0.39 is 11.7 Å². The molecule has 6 heteroatoms. The minimum absolute atomic E-state index is 0.0888. The molecular weight excluding hydrogens is 249 g/mol. The van der Waals surface area contributed by atoms with Crippen LogP contribution in [0, 0.1) is 17.1 Å². The lowest BCUT2D eigenvalue weighted by molar-refractivity contribution is 0.101. The fourth-order valence-electron chi connectivity index (χ4n) is 1.44. The molecule has 94 valence electrons. The average molecular weight is 257 g/mol. The van der Waals surface area contributed by atoms with Gasteiger partial charge < -0.3 is 10.4 Å². The van der Waals surface area contributed by atoms with Crippen molar-refractivity contribution in [3.63, 3.8) is 0 Å². The number of carbonyl (C=O) groups excluding carboxylic acids is 1. The lowest BCUT2D eigenvalue weighted by atomic mass is 10.2. The summed E-state index contributed by atoms with van der Waals surface area (Å²) in [5.41, 5.74) is -0.142. The van der Waals surface area contributed by atoms with Crippen molar-refractivity contribution in [1.29, 1.82) is 5.26 Å². The number of pyridine rings is 1. The third-order valence-corrected chi connectivity index (χ3v) is 2.35. The Balaban J connectivity index is 2.25. The Labute approximate surface area is 108 Å². The highest BCUT2D eigenvalue weighted by atomic mass is 19.1. The van der Waals surface area contributed by atoms with Gasteiger partial charge in [0.15, 0.2) is 5.69 Å². The van der Waals surface area contributed by atoms with Gasteiger partial charge in [0.2, 0.25) is 0 Å². The van der Waals surface area contributed by atoms with E-state index in [2.05, 4.69) is 10.3 Å². The summed E-state index contributed by atoms with van der Waals surface area (Å²) in [5, 5.41) is 20.3. The lowest BCUT2D eigenvalue weighted by Crippen LogP contribution is -2.14. The molecule has 2 aromatic rings. The molecule has 0 aliphatic heterocycles. The van der Waals surface area contributed by atoms with Gasteiger partial charge in [-0.1, -0.05) is 0 Å². The summed E-state index contributed by atoms with van der Waals surface area (Å²) < 4.78 is 13.6. The van der Waals surface area contributed by atoms with Crippen LogP contribution >= 0.6 is 0 Å². The Bertz CT molecular complexity index is 680. The van der Waals surface area contributed by atoms with E-state index >= 15 is 0 Å². The largest absolute Gasteiger partial charge is 0.505 e. The molecule has 5 nitrogen and oxygen atoms in total. The van der Waals surface area contributed by atoms with Gasteiger partial charge in [-0.25, -0.2) is 9.37 Å². The monoisotopic (exact) mass is 257 g/mol. The SMILES string of the molecule is N#Cc1ccc(NC(=O)c2ncccc2O)c(F)c1. The first kappa shape index (κ1) is 12.5. The Kier molecular flexibility index (Phi) is 3.39. The van der Waals surface area contributed by atoms with E-state index in [-0.39, 0.29) is 22.7 Å². The van der Waals surface area contributed by atoms with E-state index in [9.17, 15) is 14.3 Å². The fourth-order valence-corrected chi connectivity index (χ4v) is 1.44. The van der Waals surface area contributed by atoms with Crippen LogP contribution in [0.3, 0.4) is 0 Å². The summed E-state index contributed by atoms with van der Waals surface area (Å²) in [4.78, 5) is 15.5. The molecule has 1 aromatic heterocycles. The molecule has 0 saturated heterocycles. The number of hydrogen-bond acceptors (Lipinski definition) is 4. The van der Waals surface area contributed by atoms with Crippen molar-refractivity contribution in [2.75, 3.05) is 5.32 Å². The molecule has 0 aliphatic rings. The van der Waals surface area contributed by atoms with E-state index in [1.165, 1.54) is 30.5 Å². The van der Waals surface area contributed by atoms with E-state index in [1.54, 1.807) is 6.07 Å². The van der Waals surface area contributed by atoms with Crippen LogP contribution in [0.4, 0.5) is 10.1 Å². The van der Waals surface area contributed by atoms with Crippen LogP contribution in [-0.4, -0.2) is 16.0 Å². The second kappa shape index (κ2) is 5.14. The zero-order valence-corrected chi connectivity index (χ0v) is 9.59. The molecule has 0 aliphatic carbocycles. The van der Waals surface area contributed by atoms with Gasteiger partial charge in [-0.05, 0) is 30.3 Å². The maximum Gasteiger partial charge on any atom is 0.278 e. The first-order valence-corrected chi connectivity index (χ1v) is 5.27. The van der Waals surface area contributed by atoms with Gasteiger partial charge in [0.25, 0.3) is 5.91 Å². The van der Waals surface area contributed by atoms with Crippen LogP contribution in [0.5, 0.6) is 5.75 Å². The topological polar surface area (TPSA) is 86.0 Å². The predicted molar refractivity (Wildman–Crippen MR) is 65.0 cm³/mol. The highest BCUT2D eigenvalue weighted by molar-refractivity contribution is 6.04. The number of hydrogen-bond donors (Lipinski definition) is 2. The highest BCUT2D eigenvalue weighted by Crippen LogP contribution is 2.18. The maximum absolute atomic E-state index is 13.6. The molecule has 0 bridgehead atoms. The van der Waals surface area contributed by atoms with E-state index in [4.69, 9.17) is 5.26 Å². The Morgan fingerprint density at radius 2 is 2.21 bits per heavy atom. The summed E-state index contributed by atoms with van der Waals surface area (Å²) >= 11 is 0. The number of halogens is 1. The molecular formula is C13H8FN3O2. The number of amides is 1. The molecule has 1 amide bonds. The summed E-state index contributed by atoms with van der Waals surface area (Å²) in [5.74, 6) is -1.77. The molecule has 19 heavy (non-hydrogen) atoms.